The molecule has 1 amide bonds. The Morgan fingerprint density at radius 1 is 1.27 bits per heavy atom. The molecule has 1 saturated heterocycles. The molecular formula is C22H37N5O2S. The number of hydrogen-bond donors (Lipinski definition) is 2. The lowest BCUT2D eigenvalue weighted by Crippen LogP contribution is -2.48. The molecule has 3 rings (SSSR count). The van der Waals surface area contributed by atoms with Crippen LogP contribution >= 0.6 is 11.3 Å². The number of fused-ring (bicyclic) bond motifs is 1. The van der Waals surface area contributed by atoms with Crippen molar-refractivity contribution in [1.29, 1.82) is 0 Å². The fourth-order valence-electron chi connectivity index (χ4n) is 4.09. The highest BCUT2D eigenvalue weighted by Crippen LogP contribution is 2.24. The normalized spacial score (nSPS) is 18.9. The van der Waals surface area contributed by atoms with E-state index >= 15 is 0 Å². The Hall–Kier alpha value is -1.64. The van der Waals surface area contributed by atoms with E-state index in [1.165, 1.54) is 10.4 Å². The minimum absolute atomic E-state index is 0.212. The summed E-state index contributed by atoms with van der Waals surface area (Å²) < 4.78 is 5.50. The Morgan fingerprint density at radius 2 is 2.07 bits per heavy atom. The van der Waals surface area contributed by atoms with Gasteiger partial charge in [-0.3, -0.25) is 14.7 Å². The van der Waals surface area contributed by atoms with E-state index in [0.717, 1.165) is 64.9 Å². The fraction of sp³-hybridized carbons (Fsp3) is 0.727. The van der Waals surface area contributed by atoms with Gasteiger partial charge in [0.05, 0.1) is 19.8 Å². The van der Waals surface area contributed by atoms with Crippen LogP contribution in [0.15, 0.2) is 16.4 Å². The van der Waals surface area contributed by atoms with Crippen LogP contribution in [0.2, 0.25) is 0 Å². The number of amides is 1. The third-order valence-corrected chi connectivity index (χ3v) is 6.88. The number of nitrogens with zero attached hydrogens (tertiary/aromatic N) is 3. The maximum Gasteiger partial charge on any atom is 0.224 e. The van der Waals surface area contributed by atoms with Crippen molar-refractivity contribution >= 4 is 23.2 Å². The van der Waals surface area contributed by atoms with E-state index in [1.54, 1.807) is 11.3 Å². The molecule has 8 heteroatoms. The molecule has 0 aromatic carbocycles. The molecular weight excluding hydrogens is 398 g/mol. The number of carbonyl (C=O) groups excluding carboxylic acids is 1. The van der Waals surface area contributed by atoms with Crippen molar-refractivity contribution in [2.45, 2.75) is 46.2 Å². The van der Waals surface area contributed by atoms with Crippen molar-refractivity contribution in [1.82, 2.24) is 20.4 Å². The van der Waals surface area contributed by atoms with Crippen molar-refractivity contribution in [3.63, 3.8) is 0 Å². The fourth-order valence-corrected chi connectivity index (χ4v) is 4.98. The highest BCUT2D eigenvalue weighted by molar-refractivity contribution is 7.10. The smallest absolute Gasteiger partial charge is 0.224 e. The largest absolute Gasteiger partial charge is 0.379 e. The second-order valence-electron chi connectivity index (χ2n) is 8.29. The lowest BCUT2D eigenvalue weighted by atomic mass is 10.0. The number of rotatable bonds is 8. The van der Waals surface area contributed by atoms with E-state index in [9.17, 15) is 4.79 Å². The summed E-state index contributed by atoms with van der Waals surface area (Å²) in [4.78, 5) is 23.4. The summed E-state index contributed by atoms with van der Waals surface area (Å²) in [5.41, 5.74) is 1.31. The summed E-state index contributed by atoms with van der Waals surface area (Å²) in [6.07, 6.45) is 1.47. The van der Waals surface area contributed by atoms with Crippen LogP contribution in [-0.2, 0) is 22.5 Å². The number of nitrogens with one attached hydrogen (secondary N) is 2. The molecule has 1 unspecified atom stereocenters. The predicted octanol–water partition coefficient (Wildman–Crippen LogP) is 1.93. The number of hydrogen-bond acceptors (Lipinski definition) is 5. The van der Waals surface area contributed by atoms with Crippen molar-refractivity contribution in [2.24, 2.45) is 10.9 Å². The summed E-state index contributed by atoms with van der Waals surface area (Å²) in [5.74, 6) is 1.53. The maximum absolute atomic E-state index is 12.6. The number of guanidine groups is 1. The minimum atomic E-state index is 0.212. The Balaban J connectivity index is 1.47. The minimum Gasteiger partial charge on any atom is -0.379 e. The number of ether oxygens (including phenoxy) is 1. The summed E-state index contributed by atoms with van der Waals surface area (Å²) in [6, 6.07) is 2.55. The molecule has 7 nitrogen and oxygen atoms in total. The molecule has 0 radical (unpaired) electrons. The van der Waals surface area contributed by atoms with Crippen molar-refractivity contribution in [3.8, 4) is 0 Å². The molecule has 0 spiro atoms. The van der Waals surface area contributed by atoms with E-state index in [0.29, 0.717) is 24.9 Å². The number of aliphatic imine (C=N–C) groups is 1. The van der Waals surface area contributed by atoms with E-state index < -0.39 is 0 Å². The zero-order valence-corrected chi connectivity index (χ0v) is 19.5. The second kappa shape index (κ2) is 11.7. The van der Waals surface area contributed by atoms with Gasteiger partial charge < -0.3 is 20.3 Å². The van der Waals surface area contributed by atoms with E-state index in [4.69, 9.17) is 9.73 Å². The lowest BCUT2D eigenvalue weighted by Gasteiger charge is -2.36. The van der Waals surface area contributed by atoms with Gasteiger partial charge in [0, 0.05) is 56.6 Å². The highest BCUT2D eigenvalue weighted by atomic mass is 32.1. The first-order valence-electron chi connectivity index (χ1n) is 11.3. The highest BCUT2D eigenvalue weighted by Gasteiger charge is 2.24. The molecule has 0 aliphatic carbocycles. The van der Waals surface area contributed by atoms with E-state index in [2.05, 4.69) is 47.8 Å². The van der Waals surface area contributed by atoms with Gasteiger partial charge in [-0.15, -0.1) is 11.3 Å². The molecule has 2 aliphatic heterocycles. The monoisotopic (exact) mass is 435 g/mol. The van der Waals surface area contributed by atoms with Crippen molar-refractivity contribution in [3.05, 3.63) is 21.9 Å². The summed E-state index contributed by atoms with van der Waals surface area (Å²) >= 11 is 1.80. The molecule has 0 bridgehead atoms. The predicted molar refractivity (Wildman–Crippen MR) is 123 cm³/mol. The van der Waals surface area contributed by atoms with Crippen LogP contribution in [0.25, 0.3) is 0 Å². The molecule has 0 saturated carbocycles. The molecule has 1 aromatic heterocycles. The lowest BCUT2D eigenvalue weighted by molar-refractivity contribution is -0.131. The summed E-state index contributed by atoms with van der Waals surface area (Å²) in [6.45, 7) is 13.9. The summed E-state index contributed by atoms with van der Waals surface area (Å²) in [5, 5.41) is 8.79. The standard InChI is InChI=1S/C22H37N5O2S/c1-4-23-22(25-15-19(17(2)3)26-10-12-29-13-11-26)24-8-5-21(28)27-9-6-20-18(16-27)7-14-30-20/h7,14,17,19H,4-6,8-13,15-16H2,1-3H3,(H2,23,24,25). The van der Waals surface area contributed by atoms with Gasteiger partial charge in [-0.2, -0.15) is 0 Å². The van der Waals surface area contributed by atoms with Crippen LogP contribution in [0, 0.1) is 5.92 Å². The van der Waals surface area contributed by atoms with Gasteiger partial charge in [-0.1, -0.05) is 13.8 Å². The Bertz CT molecular complexity index is 699. The Labute approximate surface area is 184 Å². The van der Waals surface area contributed by atoms with Crippen LogP contribution in [0.1, 0.15) is 37.6 Å². The zero-order chi connectivity index (χ0) is 21.3. The SMILES string of the molecule is CCNC(=NCC(C(C)C)N1CCOCC1)NCCC(=O)N1CCc2sccc2C1. The van der Waals surface area contributed by atoms with Gasteiger partial charge in [0.1, 0.15) is 0 Å². The van der Waals surface area contributed by atoms with Crippen LogP contribution in [0.4, 0.5) is 0 Å². The first-order chi connectivity index (χ1) is 14.6. The molecule has 1 atom stereocenters. The van der Waals surface area contributed by atoms with Crippen LogP contribution < -0.4 is 10.6 Å². The molecule has 168 valence electrons. The van der Waals surface area contributed by atoms with Gasteiger partial charge in [0.25, 0.3) is 0 Å². The average molecular weight is 436 g/mol. The zero-order valence-electron chi connectivity index (χ0n) is 18.7. The van der Waals surface area contributed by atoms with Gasteiger partial charge in [-0.05, 0) is 36.3 Å². The molecule has 30 heavy (non-hydrogen) atoms. The van der Waals surface area contributed by atoms with Crippen LogP contribution in [0.3, 0.4) is 0 Å². The quantitative estimate of drug-likeness (QED) is 0.482. The van der Waals surface area contributed by atoms with Crippen LogP contribution in [0.5, 0.6) is 0 Å². The van der Waals surface area contributed by atoms with Crippen LogP contribution in [-0.4, -0.2) is 80.2 Å². The van der Waals surface area contributed by atoms with Gasteiger partial charge in [0.2, 0.25) is 5.91 Å². The average Bonchev–Trinajstić information content (AvgIpc) is 3.22. The summed E-state index contributed by atoms with van der Waals surface area (Å²) in [7, 11) is 0. The molecule has 2 aliphatic rings. The molecule has 2 N–H and O–H groups in total. The molecule has 1 aromatic rings. The second-order valence-corrected chi connectivity index (χ2v) is 9.29. The first-order valence-corrected chi connectivity index (χ1v) is 12.1. The first kappa shape index (κ1) is 23.0. The van der Waals surface area contributed by atoms with Crippen molar-refractivity contribution in [2.75, 3.05) is 52.5 Å². The van der Waals surface area contributed by atoms with E-state index in [1.807, 2.05) is 4.90 Å². The topological polar surface area (TPSA) is 69.2 Å². The number of thiophene rings is 1. The molecule has 3 heterocycles. The molecule has 1 fully saturated rings. The van der Waals surface area contributed by atoms with Gasteiger partial charge >= 0.3 is 0 Å². The Morgan fingerprint density at radius 3 is 2.80 bits per heavy atom. The van der Waals surface area contributed by atoms with Crippen molar-refractivity contribution < 1.29 is 9.53 Å². The Kier molecular flexibility index (Phi) is 8.96. The van der Waals surface area contributed by atoms with Gasteiger partial charge in [0.15, 0.2) is 5.96 Å². The number of carbonyl (C=O) groups is 1. The number of morpholine rings is 1. The third-order valence-electron chi connectivity index (χ3n) is 5.86. The van der Waals surface area contributed by atoms with E-state index in [-0.39, 0.29) is 5.91 Å². The third kappa shape index (κ3) is 6.43. The maximum atomic E-state index is 12.6. The van der Waals surface area contributed by atoms with Gasteiger partial charge in [-0.25, -0.2) is 0 Å².